The molecule has 7 heteroatoms. The molecule has 0 spiro atoms. The number of nitrogens with one attached hydrogen (secondary N) is 1. The number of carbonyl (C=O) groups excluding carboxylic acids is 1. The molecule has 1 aromatic heterocycles. The van der Waals surface area contributed by atoms with Crippen molar-refractivity contribution in [1.29, 1.82) is 0 Å². The van der Waals surface area contributed by atoms with Crippen LogP contribution in [-0.4, -0.2) is 27.6 Å². The zero-order chi connectivity index (χ0) is 17.6. The van der Waals surface area contributed by atoms with Crippen LogP contribution < -0.4 is 10.1 Å². The van der Waals surface area contributed by atoms with Crippen molar-refractivity contribution in [3.8, 4) is 23.0 Å². The molecule has 0 aliphatic rings. The third-order valence-electron chi connectivity index (χ3n) is 3.27. The molecular weight excluding hydrogens is 323 g/mol. The van der Waals surface area contributed by atoms with E-state index < -0.39 is 5.91 Å². The number of hydrogen-bond donors (Lipinski definition) is 1. The lowest BCUT2D eigenvalue weighted by Gasteiger charge is -2.10. The maximum Gasteiger partial charge on any atom is 0.277 e. The number of halogens is 1. The van der Waals surface area contributed by atoms with Gasteiger partial charge in [0.05, 0.1) is 0 Å². The standard InChI is InChI=1S/C18H15FN4O2/c1-2-20-17(24)15-18(25-14-10-8-13(19)9-11-14)21-16(23-22-15)12-6-4-3-5-7-12/h3-11H,2H2,1H3,(H,20,24). The molecule has 3 rings (SSSR count). The van der Waals surface area contributed by atoms with Crippen LogP contribution in [0.3, 0.4) is 0 Å². The van der Waals surface area contributed by atoms with E-state index in [9.17, 15) is 9.18 Å². The maximum absolute atomic E-state index is 13.1. The van der Waals surface area contributed by atoms with E-state index in [1.54, 1.807) is 6.92 Å². The summed E-state index contributed by atoms with van der Waals surface area (Å²) in [6, 6.07) is 14.6. The molecule has 0 aliphatic carbocycles. The lowest BCUT2D eigenvalue weighted by Crippen LogP contribution is -2.25. The molecule has 2 aromatic carbocycles. The Bertz CT molecular complexity index is 870. The van der Waals surface area contributed by atoms with Crippen molar-refractivity contribution in [3.63, 3.8) is 0 Å². The fourth-order valence-corrected chi connectivity index (χ4v) is 2.09. The molecule has 1 N–H and O–H groups in total. The van der Waals surface area contributed by atoms with Crippen molar-refractivity contribution < 1.29 is 13.9 Å². The molecule has 0 saturated carbocycles. The van der Waals surface area contributed by atoms with Gasteiger partial charge in [0.1, 0.15) is 11.6 Å². The first-order valence-corrected chi connectivity index (χ1v) is 7.69. The van der Waals surface area contributed by atoms with Crippen LogP contribution >= 0.6 is 0 Å². The molecule has 0 aliphatic heterocycles. The van der Waals surface area contributed by atoms with E-state index >= 15 is 0 Å². The Balaban J connectivity index is 2.01. The Kier molecular flexibility index (Phi) is 4.94. The SMILES string of the molecule is CCNC(=O)c1nnc(-c2ccccc2)nc1Oc1ccc(F)cc1. The zero-order valence-corrected chi connectivity index (χ0v) is 13.4. The fraction of sp³-hybridized carbons (Fsp3) is 0.111. The Hall–Kier alpha value is -3.35. The zero-order valence-electron chi connectivity index (χ0n) is 13.4. The highest BCUT2D eigenvalue weighted by molar-refractivity contribution is 5.94. The monoisotopic (exact) mass is 338 g/mol. The normalized spacial score (nSPS) is 10.3. The lowest BCUT2D eigenvalue weighted by atomic mass is 10.2. The quantitative estimate of drug-likeness (QED) is 0.773. The van der Waals surface area contributed by atoms with Gasteiger partial charge in [0.15, 0.2) is 5.82 Å². The smallest absolute Gasteiger partial charge is 0.277 e. The average molecular weight is 338 g/mol. The lowest BCUT2D eigenvalue weighted by molar-refractivity contribution is 0.0946. The van der Waals surface area contributed by atoms with Crippen molar-refractivity contribution >= 4 is 5.91 Å². The number of hydrogen-bond acceptors (Lipinski definition) is 5. The number of aromatic nitrogens is 3. The first-order valence-electron chi connectivity index (χ1n) is 7.69. The van der Waals surface area contributed by atoms with Crippen molar-refractivity contribution in [3.05, 3.63) is 66.1 Å². The van der Waals surface area contributed by atoms with Gasteiger partial charge < -0.3 is 10.1 Å². The van der Waals surface area contributed by atoms with Gasteiger partial charge in [-0.1, -0.05) is 30.3 Å². The molecule has 3 aromatic rings. The molecular formula is C18H15FN4O2. The van der Waals surface area contributed by atoms with E-state index in [0.29, 0.717) is 18.1 Å². The van der Waals surface area contributed by atoms with E-state index in [2.05, 4.69) is 20.5 Å². The van der Waals surface area contributed by atoms with Gasteiger partial charge in [-0.2, -0.15) is 4.98 Å². The third-order valence-corrected chi connectivity index (χ3v) is 3.27. The highest BCUT2D eigenvalue weighted by Gasteiger charge is 2.19. The summed E-state index contributed by atoms with van der Waals surface area (Å²) in [5, 5.41) is 10.6. The maximum atomic E-state index is 13.1. The van der Waals surface area contributed by atoms with Crippen LogP contribution in [0.15, 0.2) is 54.6 Å². The molecule has 1 amide bonds. The minimum Gasteiger partial charge on any atom is -0.437 e. The Morgan fingerprint density at radius 2 is 1.80 bits per heavy atom. The third kappa shape index (κ3) is 3.95. The Morgan fingerprint density at radius 1 is 1.08 bits per heavy atom. The van der Waals surface area contributed by atoms with Crippen LogP contribution in [0.4, 0.5) is 4.39 Å². The number of rotatable bonds is 5. The van der Waals surface area contributed by atoms with Gasteiger partial charge in [-0.15, -0.1) is 10.2 Å². The molecule has 0 saturated heterocycles. The van der Waals surface area contributed by atoms with Crippen molar-refractivity contribution in [2.45, 2.75) is 6.92 Å². The van der Waals surface area contributed by atoms with Gasteiger partial charge >= 0.3 is 0 Å². The summed E-state index contributed by atoms with van der Waals surface area (Å²) in [6.45, 7) is 2.22. The Morgan fingerprint density at radius 3 is 2.48 bits per heavy atom. The second-order valence-corrected chi connectivity index (χ2v) is 5.07. The molecule has 0 fully saturated rings. The number of nitrogens with zero attached hydrogens (tertiary/aromatic N) is 3. The number of amides is 1. The minimum absolute atomic E-state index is 0.00594. The molecule has 6 nitrogen and oxygen atoms in total. The van der Waals surface area contributed by atoms with Crippen LogP contribution in [0.1, 0.15) is 17.4 Å². The fourth-order valence-electron chi connectivity index (χ4n) is 2.09. The van der Waals surface area contributed by atoms with Crippen LogP contribution in [0.5, 0.6) is 11.6 Å². The predicted molar refractivity (Wildman–Crippen MR) is 89.7 cm³/mol. The van der Waals surface area contributed by atoms with E-state index in [-0.39, 0.29) is 17.4 Å². The molecule has 0 radical (unpaired) electrons. The first-order chi connectivity index (χ1) is 12.2. The van der Waals surface area contributed by atoms with Gasteiger partial charge in [-0.25, -0.2) is 4.39 Å². The summed E-state index contributed by atoms with van der Waals surface area (Å²) in [5.74, 6) is -0.162. The topological polar surface area (TPSA) is 77.0 Å². The molecule has 0 atom stereocenters. The molecule has 0 unspecified atom stereocenters. The second kappa shape index (κ2) is 7.48. The summed E-state index contributed by atoms with van der Waals surface area (Å²) in [6.07, 6.45) is 0. The molecule has 126 valence electrons. The van der Waals surface area contributed by atoms with E-state index in [4.69, 9.17) is 4.74 Å². The highest BCUT2D eigenvalue weighted by Crippen LogP contribution is 2.24. The summed E-state index contributed by atoms with van der Waals surface area (Å²) < 4.78 is 18.7. The number of carbonyl (C=O) groups is 1. The largest absolute Gasteiger partial charge is 0.437 e. The van der Waals surface area contributed by atoms with Crippen LogP contribution in [0.25, 0.3) is 11.4 Å². The number of benzene rings is 2. The van der Waals surface area contributed by atoms with Crippen LogP contribution in [-0.2, 0) is 0 Å². The summed E-state index contributed by atoms with van der Waals surface area (Å²) in [7, 11) is 0. The van der Waals surface area contributed by atoms with Crippen molar-refractivity contribution in [2.75, 3.05) is 6.54 Å². The summed E-state index contributed by atoms with van der Waals surface area (Å²) in [5.41, 5.74) is 0.701. The average Bonchev–Trinajstić information content (AvgIpc) is 2.64. The van der Waals surface area contributed by atoms with E-state index in [1.807, 2.05) is 30.3 Å². The van der Waals surface area contributed by atoms with Crippen LogP contribution in [0.2, 0.25) is 0 Å². The van der Waals surface area contributed by atoms with Gasteiger partial charge in [0.2, 0.25) is 5.69 Å². The molecule has 1 heterocycles. The second-order valence-electron chi connectivity index (χ2n) is 5.07. The predicted octanol–water partition coefficient (Wildman–Crippen LogP) is 3.22. The Labute approximate surface area is 143 Å². The van der Waals surface area contributed by atoms with E-state index in [1.165, 1.54) is 24.3 Å². The van der Waals surface area contributed by atoms with Gasteiger partial charge in [0.25, 0.3) is 11.8 Å². The summed E-state index contributed by atoms with van der Waals surface area (Å²) in [4.78, 5) is 16.5. The first kappa shape index (κ1) is 16.5. The van der Waals surface area contributed by atoms with Gasteiger partial charge in [-0.05, 0) is 31.2 Å². The van der Waals surface area contributed by atoms with Crippen molar-refractivity contribution in [2.24, 2.45) is 0 Å². The van der Waals surface area contributed by atoms with Gasteiger partial charge in [-0.3, -0.25) is 4.79 Å². The minimum atomic E-state index is -0.445. The highest BCUT2D eigenvalue weighted by atomic mass is 19.1. The molecule has 25 heavy (non-hydrogen) atoms. The summed E-state index contributed by atoms with van der Waals surface area (Å²) >= 11 is 0. The number of ether oxygens (including phenoxy) is 1. The van der Waals surface area contributed by atoms with Gasteiger partial charge in [0, 0.05) is 12.1 Å². The van der Waals surface area contributed by atoms with Crippen molar-refractivity contribution in [1.82, 2.24) is 20.5 Å². The van der Waals surface area contributed by atoms with E-state index in [0.717, 1.165) is 5.56 Å². The van der Waals surface area contributed by atoms with Crippen LogP contribution in [0, 0.1) is 5.82 Å². The molecule has 0 bridgehead atoms.